The SMILES string of the molecule is Cc1ccc(C(CCO)ONC(=O)OC(C)(C)C)cc1. The van der Waals surface area contributed by atoms with Crippen LogP contribution in [0.15, 0.2) is 24.3 Å². The lowest BCUT2D eigenvalue weighted by molar-refractivity contribution is -0.0505. The van der Waals surface area contributed by atoms with E-state index in [1.165, 1.54) is 0 Å². The van der Waals surface area contributed by atoms with E-state index in [1.807, 2.05) is 31.2 Å². The highest BCUT2D eigenvalue weighted by Gasteiger charge is 2.18. The smallest absolute Gasteiger partial charge is 0.431 e. The summed E-state index contributed by atoms with van der Waals surface area (Å²) in [6.45, 7) is 7.28. The summed E-state index contributed by atoms with van der Waals surface area (Å²) in [5.41, 5.74) is 3.71. The summed E-state index contributed by atoms with van der Waals surface area (Å²) in [5.74, 6) is 0. The fourth-order valence-electron chi connectivity index (χ4n) is 1.61. The molecule has 0 bridgehead atoms. The molecular weight excluding hydrogens is 258 g/mol. The van der Waals surface area contributed by atoms with Crippen LogP contribution < -0.4 is 5.48 Å². The highest BCUT2D eigenvalue weighted by Crippen LogP contribution is 2.20. The predicted octanol–water partition coefficient (Wildman–Crippen LogP) is 2.87. The Hall–Kier alpha value is -1.59. The maximum Gasteiger partial charge on any atom is 0.431 e. The Morgan fingerprint density at radius 2 is 1.90 bits per heavy atom. The zero-order valence-electron chi connectivity index (χ0n) is 12.5. The van der Waals surface area contributed by atoms with Gasteiger partial charge in [0.25, 0.3) is 0 Å². The molecule has 5 nitrogen and oxygen atoms in total. The molecule has 0 aliphatic heterocycles. The van der Waals surface area contributed by atoms with Gasteiger partial charge in [0.1, 0.15) is 11.7 Å². The highest BCUT2D eigenvalue weighted by molar-refractivity contribution is 5.66. The molecule has 20 heavy (non-hydrogen) atoms. The molecule has 2 N–H and O–H groups in total. The van der Waals surface area contributed by atoms with Crippen molar-refractivity contribution in [2.24, 2.45) is 0 Å². The van der Waals surface area contributed by atoms with Crippen molar-refractivity contribution >= 4 is 6.09 Å². The van der Waals surface area contributed by atoms with Crippen LogP contribution in [0.1, 0.15) is 44.4 Å². The Morgan fingerprint density at radius 3 is 2.40 bits per heavy atom. The second-order valence-electron chi connectivity index (χ2n) is 5.63. The molecule has 0 aromatic heterocycles. The van der Waals surface area contributed by atoms with Crippen molar-refractivity contribution < 1.29 is 19.5 Å². The first-order valence-corrected chi connectivity index (χ1v) is 6.64. The topological polar surface area (TPSA) is 67.8 Å². The summed E-state index contributed by atoms with van der Waals surface area (Å²) < 4.78 is 5.08. The third kappa shape index (κ3) is 6.04. The van der Waals surface area contributed by atoms with Crippen molar-refractivity contribution in [3.8, 4) is 0 Å². The van der Waals surface area contributed by atoms with E-state index in [1.54, 1.807) is 20.8 Å². The normalized spacial score (nSPS) is 12.8. The minimum Gasteiger partial charge on any atom is -0.442 e. The Kier molecular flexibility index (Phi) is 5.98. The van der Waals surface area contributed by atoms with Gasteiger partial charge in [-0.05, 0) is 33.3 Å². The fraction of sp³-hybridized carbons (Fsp3) is 0.533. The number of ether oxygens (including phenoxy) is 1. The zero-order valence-corrected chi connectivity index (χ0v) is 12.5. The first kappa shape index (κ1) is 16.5. The van der Waals surface area contributed by atoms with Crippen LogP contribution in [0.4, 0.5) is 4.79 Å². The van der Waals surface area contributed by atoms with Gasteiger partial charge < -0.3 is 9.84 Å². The van der Waals surface area contributed by atoms with Crippen molar-refractivity contribution in [1.82, 2.24) is 5.48 Å². The Balaban J connectivity index is 2.59. The van der Waals surface area contributed by atoms with Gasteiger partial charge in [-0.15, -0.1) is 0 Å². The zero-order chi connectivity index (χ0) is 15.2. The molecule has 0 aliphatic carbocycles. The maximum absolute atomic E-state index is 11.5. The lowest BCUT2D eigenvalue weighted by Gasteiger charge is -2.22. The summed E-state index contributed by atoms with van der Waals surface area (Å²) in [6.07, 6.45) is -0.667. The third-order valence-corrected chi connectivity index (χ3v) is 2.52. The molecule has 0 aliphatic rings. The van der Waals surface area contributed by atoms with E-state index in [-0.39, 0.29) is 6.61 Å². The molecule has 112 valence electrons. The maximum atomic E-state index is 11.5. The number of aliphatic hydroxyl groups excluding tert-OH is 1. The number of amides is 1. The van der Waals surface area contributed by atoms with Crippen molar-refractivity contribution in [2.75, 3.05) is 6.61 Å². The molecule has 0 spiro atoms. The van der Waals surface area contributed by atoms with Crippen LogP contribution in [-0.2, 0) is 9.57 Å². The number of hydrogen-bond donors (Lipinski definition) is 2. The van der Waals surface area contributed by atoms with E-state index in [0.717, 1.165) is 11.1 Å². The number of hydrogen-bond acceptors (Lipinski definition) is 4. The molecule has 1 rings (SSSR count). The number of rotatable bonds is 5. The standard InChI is InChI=1S/C15H23NO4/c1-11-5-7-12(8-6-11)13(9-10-17)20-16-14(18)19-15(2,3)4/h5-8,13,17H,9-10H2,1-4H3,(H,16,18). The average Bonchev–Trinajstić information content (AvgIpc) is 2.33. The molecule has 0 saturated carbocycles. The summed E-state index contributed by atoms with van der Waals surface area (Å²) in [5, 5.41) is 9.08. The second-order valence-corrected chi connectivity index (χ2v) is 5.63. The molecular formula is C15H23NO4. The van der Waals surface area contributed by atoms with Gasteiger partial charge in [-0.3, -0.25) is 4.84 Å². The lowest BCUT2D eigenvalue weighted by Crippen LogP contribution is -2.33. The van der Waals surface area contributed by atoms with Gasteiger partial charge in [-0.25, -0.2) is 4.79 Å². The van der Waals surface area contributed by atoms with Crippen LogP contribution in [0.25, 0.3) is 0 Å². The monoisotopic (exact) mass is 281 g/mol. The molecule has 1 unspecified atom stereocenters. The number of carbonyl (C=O) groups excluding carboxylic acids is 1. The summed E-state index contributed by atoms with van der Waals surface area (Å²) in [7, 11) is 0. The first-order valence-electron chi connectivity index (χ1n) is 6.64. The van der Waals surface area contributed by atoms with Crippen LogP contribution in [0.3, 0.4) is 0 Å². The number of hydroxylamine groups is 1. The molecule has 1 aromatic carbocycles. The van der Waals surface area contributed by atoms with Gasteiger partial charge in [0.2, 0.25) is 0 Å². The van der Waals surface area contributed by atoms with Crippen molar-refractivity contribution in [3.05, 3.63) is 35.4 Å². The van der Waals surface area contributed by atoms with Gasteiger partial charge >= 0.3 is 6.09 Å². The molecule has 1 atom stereocenters. The molecule has 0 heterocycles. The molecule has 1 amide bonds. The van der Waals surface area contributed by atoms with Gasteiger partial charge in [0.05, 0.1) is 0 Å². The molecule has 0 fully saturated rings. The van der Waals surface area contributed by atoms with Gasteiger partial charge in [-0.2, -0.15) is 5.48 Å². The quantitative estimate of drug-likeness (QED) is 0.814. The van der Waals surface area contributed by atoms with Gasteiger partial charge in [-0.1, -0.05) is 29.8 Å². The lowest BCUT2D eigenvalue weighted by atomic mass is 10.1. The van der Waals surface area contributed by atoms with Crippen LogP contribution in [0.5, 0.6) is 0 Å². The summed E-state index contributed by atoms with van der Waals surface area (Å²) in [4.78, 5) is 16.9. The number of benzene rings is 1. The van der Waals surface area contributed by atoms with E-state index in [0.29, 0.717) is 6.42 Å². The Morgan fingerprint density at radius 1 is 1.30 bits per heavy atom. The molecule has 0 radical (unpaired) electrons. The number of nitrogens with one attached hydrogen (secondary N) is 1. The molecule has 1 aromatic rings. The van der Waals surface area contributed by atoms with Crippen molar-refractivity contribution in [1.29, 1.82) is 0 Å². The minimum atomic E-state index is -0.646. The predicted molar refractivity (Wildman–Crippen MR) is 76.1 cm³/mol. The minimum absolute atomic E-state index is 0.0332. The summed E-state index contributed by atoms with van der Waals surface area (Å²) >= 11 is 0. The number of aryl methyl sites for hydroxylation is 1. The summed E-state index contributed by atoms with van der Waals surface area (Å²) in [6, 6.07) is 7.73. The largest absolute Gasteiger partial charge is 0.442 e. The van der Waals surface area contributed by atoms with Crippen molar-refractivity contribution in [3.63, 3.8) is 0 Å². The van der Waals surface area contributed by atoms with Crippen LogP contribution >= 0.6 is 0 Å². The van der Waals surface area contributed by atoms with Crippen LogP contribution in [-0.4, -0.2) is 23.4 Å². The average molecular weight is 281 g/mol. The van der Waals surface area contributed by atoms with E-state index < -0.39 is 17.8 Å². The second kappa shape index (κ2) is 7.26. The molecule has 0 saturated heterocycles. The van der Waals surface area contributed by atoms with Crippen LogP contribution in [0.2, 0.25) is 0 Å². The number of carbonyl (C=O) groups is 1. The Bertz CT molecular complexity index is 422. The fourth-order valence-corrected chi connectivity index (χ4v) is 1.61. The first-order chi connectivity index (χ1) is 9.31. The van der Waals surface area contributed by atoms with Crippen molar-refractivity contribution in [2.45, 2.75) is 45.8 Å². The molecule has 5 heteroatoms. The van der Waals surface area contributed by atoms with E-state index in [2.05, 4.69) is 5.48 Å². The van der Waals surface area contributed by atoms with E-state index in [4.69, 9.17) is 14.7 Å². The van der Waals surface area contributed by atoms with Gasteiger partial charge in [0, 0.05) is 13.0 Å². The van der Waals surface area contributed by atoms with E-state index >= 15 is 0 Å². The highest BCUT2D eigenvalue weighted by atomic mass is 16.7. The Labute approximate surface area is 119 Å². The van der Waals surface area contributed by atoms with E-state index in [9.17, 15) is 4.79 Å². The van der Waals surface area contributed by atoms with Crippen LogP contribution in [0, 0.1) is 6.92 Å². The van der Waals surface area contributed by atoms with Gasteiger partial charge in [0.15, 0.2) is 0 Å². The third-order valence-electron chi connectivity index (χ3n) is 2.52. The number of aliphatic hydroxyl groups is 1.